The molecule has 1 fully saturated rings. The van der Waals surface area contributed by atoms with Gasteiger partial charge in [-0.3, -0.25) is 4.90 Å². The average Bonchev–Trinajstić information content (AvgIpc) is 2.15. The van der Waals surface area contributed by atoms with Crippen LogP contribution < -0.4 is 5.32 Å². The summed E-state index contributed by atoms with van der Waals surface area (Å²) in [5, 5.41) is 3.20. The van der Waals surface area contributed by atoms with Gasteiger partial charge in [-0.05, 0) is 47.0 Å². The van der Waals surface area contributed by atoms with E-state index in [-0.39, 0.29) is 0 Å². The molecular formula is C11H25N3. The van der Waals surface area contributed by atoms with Crippen molar-refractivity contribution in [2.75, 3.05) is 46.8 Å². The van der Waals surface area contributed by atoms with Crippen molar-refractivity contribution < 1.29 is 0 Å². The number of rotatable bonds is 5. The minimum absolute atomic E-state index is 0.739. The average molecular weight is 199 g/mol. The molecule has 0 amide bonds. The van der Waals surface area contributed by atoms with Crippen LogP contribution in [0.4, 0.5) is 0 Å². The van der Waals surface area contributed by atoms with Crippen LogP contribution in [-0.2, 0) is 0 Å². The molecule has 0 aromatic carbocycles. The lowest BCUT2D eigenvalue weighted by molar-refractivity contribution is 0.0986. The van der Waals surface area contributed by atoms with Gasteiger partial charge < -0.3 is 10.2 Å². The van der Waals surface area contributed by atoms with Gasteiger partial charge in [0.1, 0.15) is 0 Å². The van der Waals surface area contributed by atoms with Gasteiger partial charge in [-0.15, -0.1) is 0 Å². The van der Waals surface area contributed by atoms with Crippen molar-refractivity contribution in [2.45, 2.75) is 25.8 Å². The Balaban J connectivity index is 2.11. The zero-order chi connectivity index (χ0) is 10.4. The van der Waals surface area contributed by atoms with Gasteiger partial charge in [-0.25, -0.2) is 0 Å². The highest BCUT2D eigenvalue weighted by Gasteiger charge is 2.20. The van der Waals surface area contributed by atoms with Gasteiger partial charge in [0, 0.05) is 25.7 Å². The SMILES string of the molecule is CNCCCCN1CCN(C)CC1C. The lowest BCUT2D eigenvalue weighted by Crippen LogP contribution is -2.50. The molecule has 0 aromatic rings. The molecule has 0 bridgehead atoms. The summed E-state index contributed by atoms with van der Waals surface area (Å²) in [4.78, 5) is 5.05. The summed E-state index contributed by atoms with van der Waals surface area (Å²) in [5.74, 6) is 0. The predicted octanol–water partition coefficient (Wildman–Crippen LogP) is 0.622. The minimum atomic E-state index is 0.739. The van der Waals surface area contributed by atoms with Gasteiger partial charge >= 0.3 is 0 Å². The maximum Gasteiger partial charge on any atom is 0.0195 e. The molecule has 1 saturated heterocycles. The molecule has 1 atom stereocenters. The highest BCUT2D eigenvalue weighted by molar-refractivity contribution is 4.76. The smallest absolute Gasteiger partial charge is 0.0195 e. The van der Waals surface area contributed by atoms with Crippen LogP contribution in [0.15, 0.2) is 0 Å². The van der Waals surface area contributed by atoms with E-state index in [4.69, 9.17) is 0 Å². The normalized spacial score (nSPS) is 25.5. The molecular weight excluding hydrogens is 174 g/mol. The summed E-state index contributed by atoms with van der Waals surface area (Å²) < 4.78 is 0. The first-order valence-corrected chi connectivity index (χ1v) is 5.81. The predicted molar refractivity (Wildman–Crippen MR) is 61.7 cm³/mol. The van der Waals surface area contributed by atoms with E-state index >= 15 is 0 Å². The Morgan fingerprint density at radius 1 is 1.29 bits per heavy atom. The third kappa shape index (κ3) is 3.95. The summed E-state index contributed by atoms with van der Waals surface area (Å²) in [7, 11) is 4.24. The molecule has 0 saturated carbocycles. The van der Waals surface area contributed by atoms with E-state index in [0.29, 0.717) is 0 Å². The molecule has 1 aliphatic heterocycles. The van der Waals surface area contributed by atoms with Gasteiger partial charge in [-0.2, -0.15) is 0 Å². The third-order valence-electron chi connectivity index (χ3n) is 3.09. The van der Waals surface area contributed by atoms with Crippen LogP contribution in [0.3, 0.4) is 0 Å². The van der Waals surface area contributed by atoms with Crippen LogP contribution in [0.5, 0.6) is 0 Å². The van der Waals surface area contributed by atoms with Gasteiger partial charge in [-0.1, -0.05) is 0 Å². The van der Waals surface area contributed by atoms with Crippen molar-refractivity contribution in [3.05, 3.63) is 0 Å². The fourth-order valence-corrected chi connectivity index (χ4v) is 2.13. The first kappa shape index (κ1) is 12.0. The summed E-state index contributed by atoms with van der Waals surface area (Å²) in [6.07, 6.45) is 2.63. The van der Waals surface area contributed by atoms with Crippen LogP contribution in [0.25, 0.3) is 0 Å². The molecule has 1 heterocycles. The van der Waals surface area contributed by atoms with Gasteiger partial charge in [0.2, 0.25) is 0 Å². The first-order valence-electron chi connectivity index (χ1n) is 5.81. The third-order valence-corrected chi connectivity index (χ3v) is 3.09. The van der Waals surface area contributed by atoms with Crippen LogP contribution >= 0.6 is 0 Å². The summed E-state index contributed by atoms with van der Waals surface area (Å²) >= 11 is 0. The maximum absolute atomic E-state index is 3.20. The van der Waals surface area contributed by atoms with Crippen molar-refractivity contribution in [1.82, 2.24) is 15.1 Å². The Hall–Kier alpha value is -0.120. The van der Waals surface area contributed by atoms with Crippen molar-refractivity contribution >= 4 is 0 Å². The zero-order valence-corrected chi connectivity index (χ0v) is 9.92. The highest BCUT2D eigenvalue weighted by Crippen LogP contribution is 2.08. The van der Waals surface area contributed by atoms with Gasteiger partial charge in [0.15, 0.2) is 0 Å². The summed E-state index contributed by atoms with van der Waals surface area (Å²) in [5.41, 5.74) is 0. The van der Waals surface area contributed by atoms with E-state index in [1.807, 2.05) is 7.05 Å². The second kappa shape index (κ2) is 6.38. The molecule has 0 aromatic heterocycles. The highest BCUT2D eigenvalue weighted by atomic mass is 15.3. The van der Waals surface area contributed by atoms with E-state index < -0.39 is 0 Å². The molecule has 14 heavy (non-hydrogen) atoms. The molecule has 1 aliphatic rings. The van der Waals surface area contributed by atoms with Gasteiger partial charge in [0.25, 0.3) is 0 Å². The standard InChI is InChI=1S/C11H25N3/c1-11-10-13(3)8-9-14(11)7-5-4-6-12-2/h11-12H,4-10H2,1-3H3. The largest absolute Gasteiger partial charge is 0.320 e. The fraction of sp³-hybridized carbons (Fsp3) is 1.00. The van der Waals surface area contributed by atoms with Crippen LogP contribution in [-0.4, -0.2) is 62.7 Å². The molecule has 84 valence electrons. The molecule has 1 unspecified atom stereocenters. The first-order chi connectivity index (χ1) is 6.74. The Bertz CT molecular complexity index is 149. The Morgan fingerprint density at radius 3 is 2.71 bits per heavy atom. The maximum atomic E-state index is 3.20. The Morgan fingerprint density at radius 2 is 2.07 bits per heavy atom. The number of hydrogen-bond donors (Lipinski definition) is 1. The lowest BCUT2D eigenvalue weighted by Gasteiger charge is -2.38. The number of nitrogens with one attached hydrogen (secondary N) is 1. The second-order valence-corrected chi connectivity index (χ2v) is 4.46. The second-order valence-electron chi connectivity index (χ2n) is 4.46. The number of piperazine rings is 1. The Labute approximate surface area is 88.5 Å². The monoisotopic (exact) mass is 199 g/mol. The number of hydrogen-bond acceptors (Lipinski definition) is 3. The number of unbranched alkanes of at least 4 members (excludes halogenated alkanes) is 1. The van der Waals surface area contributed by atoms with E-state index in [2.05, 4.69) is 29.1 Å². The minimum Gasteiger partial charge on any atom is -0.320 e. The van der Waals surface area contributed by atoms with Crippen molar-refractivity contribution in [3.8, 4) is 0 Å². The quantitative estimate of drug-likeness (QED) is 0.655. The molecule has 0 spiro atoms. The molecule has 0 radical (unpaired) electrons. The summed E-state index contributed by atoms with van der Waals surface area (Å²) in [6.45, 7) is 8.48. The molecule has 0 aliphatic carbocycles. The number of nitrogens with zero attached hydrogens (tertiary/aromatic N) is 2. The van der Waals surface area contributed by atoms with E-state index in [1.165, 1.54) is 39.0 Å². The topological polar surface area (TPSA) is 18.5 Å². The molecule has 1 rings (SSSR count). The molecule has 3 nitrogen and oxygen atoms in total. The molecule has 3 heteroatoms. The zero-order valence-electron chi connectivity index (χ0n) is 9.92. The van der Waals surface area contributed by atoms with Crippen molar-refractivity contribution in [2.24, 2.45) is 0 Å². The van der Waals surface area contributed by atoms with E-state index in [9.17, 15) is 0 Å². The van der Waals surface area contributed by atoms with Gasteiger partial charge in [0.05, 0.1) is 0 Å². The van der Waals surface area contributed by atoms with Crippen molar-refractivity contribution in [1.29, 1.82) is 0 Å². The summed E-state index contributed by atoms with van der Waals surface area (Å²) in [6, 6.07) is 0.739. The van der Waals surface area contributed by atoms with E-state index in [0.717, 1.165) is 12.6 Å². The van der Waals surface area contributed by atoms with Crippen LogP contribution in [0.1, 0.15) is 19.8 Å². The number of likely N-dealkylation sites (N-methyl/N-ethyl adjacent to an activating group) is 1. The van der Waals surface area contributed by atoms with E-state index in [1.54, 1.807) is 0 Å². The lowest BCUT2D eigenvalue weighted by atomic mass is 10.2. The van der Waals surface area contributed by atoms with Crippen LogP contribution in [0, 0.1) is 0 Å². The fourth-order valence-electron chi connectivity index (χ4n) is 2.13. The van der Waals surface area contributed by atoms with Crippen molar-refractivity contribution in [3.63, 3.8) is 0 Å². The Kier molecular flexibility index (Phi) is 5.45. The van der Waals surface area contributed by atoms with Crippen LogP contribution in [0.2, 0.25) is 0 Å². The molecule has 1 N–H and O–H groups in total.